The van der Waals surface area contributed by atoms with Crippen LogP contribution in [0, 0.1) is 0 Å². The number of primary amides is 1. The van der Waals surface area contributed by atoms with Gasteiger partial charge in [0.15, 0.2) is 0 Å². The molecule has 8 heteroatoms. The molecular formula is C16H11ClN4O3. The van der Waals surface area contributed by atoms with E-state index in [4.69, 9.17) is 21.9 Å². The van der Waals surface area contributed by atoms with E-state index < -0.39 is 11.8 Å². The van der Waals surface area contributed by atoms with Crippen LogP contribution >= 0.6 is 11.6 Å². The molecule has 2 heterocycles. The van der Waals surface area contributed by atoms with E-state index in [2.05, 4.69) is 15.5 Å². The third-order valence-corrected chi connectivity index (χ3v) is 3.46. The fraction of sp³-hybridized carbons (Fsp3) is 0. The van der Waals surface area contributed by atoms with Crippen LogP contribution in [0.15, 0.2) is 53.3 Å². The van der Waals surface area contributed by atoms with Crippen molar-refractivity contribution in [3.63, 3.8) is 0 Å². The van der Waals surface area contributed by atoms with E-state index in [-0.39, 0.29) is 17.1 Å². The minimum absolute atomic E-state index is 0.0229. The number of hydrogen-bond donors (Lipinski definition) is 2. The van der Waals surface area contributed by atoms with Crippen LogP contribution in [0.5, 0.6) is 0 Å². The predicted octanol–water partition coefficient (Wildman–Crippen LogP) is 2.74. The molecule has 0 saturated carbocycles. The highest BCUT2D eigenvalue weighted by Gasteiger charge is 2.24. The van der Waals surface area contributed by atoms with Gasteiger partial charge in [0.1, 0.15) is 11.3 Å². The molecule has 3 rings (SSSR count). The number of aromatic nitrogens is 2. The number of nitrogens with one attached hydrogen (secondary N) is 1. The van der Waals surface area contributed by atoms with Gasteiger partial charge in [0.2, 0.25) is 5.88 Å². The Bertz CT molecular complexity index is 891. The molecule has 0 aliphatic rings. The van der Waals surface area contributed by atoms with Gasteiger partial charge in [-0.15, -0.1) is 0 Å². The first-order chi connectivity index (χ1) is 11.6. The van der Waals surface area contributed by atoms with E-state index in [9.17, 15) is 9.59 Å². The Morgan fingerprint density at radius 2 is 1.92 bits per heavy atom. The van der Waals surface area contributed by atoms with Crippen LogP contribution in [-0.4, -0.2) is 22.0 Å². The van der Waals surface area contributed by atoms with E-state index in [1.165, 1.54) is 6.20 Å². The third kappa shape index (κ3) is 3.11. The number of hydrogen-bond acceptors (Lipinski definition) is 5. The summed E-state index contributed by atoms with van der Waals surface area (Å²) in [4.78, 5) is 28.0. The predicted molar refractivity (Wildman–Crippen MR) is 87.7 cm³/mol. The SMILES string of the molecule is NC(=O)c1c(-c2cccnc2)noc1NC(=O)c1ccc(Cl)cc1. The molecule has 2 amide bonds. The van der Waals surface area contributed by atoms with Crippen molar-refractivity contribution in [3.05, 3.63) is 64.9 Å². The summed E-state index contributed by atoms with van der Waals surface area (Å²) < 4.78 is 5.09. The summed E-state index contributed by atoms with van der Waals surface area (Å²) in [6.45, 7) is 0. The lowest BCUT2D eigenvalue weighted by Crippen LogP contribution is -2.17. The fourth-order valence-electron chi connectivity index (χ4n) is 2.08. The average Bonchev–Trinajstić information content (AvgIpc) is 3.00. The monoisotopic (exact) mass is 342 g/mol. The Kier molecular flexibility index (Phi) is 4.26. The number of benzene rings is 1. The summed E-state index contributed by atoms with van der Waals surface area (Å²) in [6, 6.07) is 9.61. The van der Waals surface area contributed by atoms with Gasteiger partial charge < -0.3 is 10.3 Å². The normalized spacial score (nSPS) is 10.4. The van der Waals surface area contributed by atoms with Crippen molar-refractivity contribution in [3.8, 4) is 11.3 Å². The molecular weight excluding hydrogens is 332 g/mol. The van der Waals surface area contributed by atoms with Gasteiger partial charge in [-0.05, 0) is 36.4 Å². The third-order valence-electron chi connectivity index (χ3n) is 3.21. The molecule has 120 valence electrons. The van der Waals surface area contributed by atoms with Crippen LogP contribution in [0.4, 0.5) is 5.88 Å². The molecule has 0 radical (unpaired) electrons. The van der Waals surface area contributed by atoms with Crippen LogP contribution < -0.4 is 11.1 Å². The van der Waals surface area contributed by atoms with Crippen molar-refractivity contribution >= 4 is 29.3 Å². The van der Waals surface area contributed by atoms with Gasteiger partial charge in [0.25, 0.3) is 11.8 Å². The summed E-state index contributed by atoms with van der Waals surface area (Å²) in [7, 11) is 0. The average molecular weight is 343 g/mol. The fourth-order valence-corrected chi connectivity index (χ4v) is 2.21. The highest BCUT2D eigenvalue weighted by molar-refractivity contribution is 6.30. The maximum absolute atomic E-state index is 12.2. The molecule has 3 aromatic rings. The second-order valence-electron chi connectivity index (χ2n) is 4.80. The number of pyridine rings is 1. The van der Waals surface area contributed by atoms with Crippen LogP contribution in [-0.2, 0) is 0 Å². The minimum Gasteiger partial charge on any atom is -0.365 e. The number of rotatable bonds is 4. The van der Waals surface area contributed by atoms with Crippen molar-refractivity contribution in [2.75, 3.05) is 5.32 Å². The molecule has 0 atom stereocenters. The van der Waals surface area contributed by atoms with E-state index in [1.807, 2.05) is 0 Å². The Hall–Kier alpha value is -3.19. The lowest BCUT2D eigenvalue weighted by Gasteiger charge is -2.03. The number of nitrogens with zero attached hydrogens (tertiary/aromatic N) is 2. The number of amides is 2. The number of halogens is 1. The van der Waals surface area contributed by atoms with Crippen LogP contribution in [0.1, 0.15) is 20.7 Å². The van der Waals surface area contributed by atoms with Gasteiger partial charge in [0, 0.05) is 28.5 Å². The van der Waals surface area contributed by atoms with E-state index in [0.717, 1.165) is 0 Å². The van der Waals surface area contributed by atoms with Gasteiger partial charge in [-0.1, -0.05) is 16.8 Å². The molecule has 0 aliphatic carbocycles. The highest BCUT2D eigenvalue weighted by Crippen LogP contribution is 2.28. The van der Waals surface area contributed by atoms with Crippen LogP contribution in [0.3, 0.4) is 0 Å². The summed E-state index contributed by atoms with van der Waals surface area (Å²) in [5, 5.41) is 6.80. The number of carbonyl (C=O) groups is 2. The molecule has 1 aromatic carbocycles. The standard InChI is InChI=1S/C16H11ClN4O3/c17-11-5-3-9(4-6-11)15(23)20-16-12(14(18)22)13(21-24-16)10-2-1-7-19-8-10/h1-8H,(H2,18,22)(H,20,23). The number of anilines is 1. The maximum atomic E-state index is 12.2. The van der Waals surface area contributed by atoms with Gasteiger partial charge in [-0.3, -0.25) is 19.9 Å². The van der Waals surface area contributed by atoms with Gasteiger partial charge in [-0.2, -0.15) is 0 Å². The maximum Gasteiger partial charge on any atom is 0.258 e. The summed E-state index contributed by atoms with van der Waals surface area (Å²) in [5.41, 5.74) is 6.48. The second-order valence-corrected chi connectivity index (χ2v) is 5.24. The molecule has 24 heavy (non-hydrogen) atoms. The lowest BCUT2D eigenvalue weighted by atomic mass is 10.1. The Labute approximate surface area is 141 Å². The highest BCUT2D eigenvalue weighted by atomic mass is 35.5. The Morgan fingerprint density at radius 1 is 1.17 bits per heavy atom. The zero-order chi connectivity index (χ0) is 17.1. The Balaban J connectivity index is 1.94. The van der Waals surface area contributed by atoms with E-state index >= 15 is 0 Å². The second kappa shape index (κ2) is 6.51. The molecule has 7 nitrogen and oxygen atoms in total. The quantitative estimate of drug-likeness (QED) is 0.757. The molecule has 0 aliphatic heterocycles. The van der Waals surface area contributed by atoms with Crippen LogP contribution in [0.2, 0.25) is 5.02 Å². The Morgan fingerprint density at radius 3 is 2.54 bits per heavy atom. The minimum atomic E-state index is -0.776. The van der Waals surface area contributed by atoms with E-state index in [1.54, 1.807) is 42.6 Å². The molecule has 0 saturated heterocycles. The molecule has 2 aromatic heterocycles. The topological polar surface area (TPSA) is 111 Å². The molecule has 0 unspecified atom stereocenters. The van der Waals surface area contributed by atoms with Crippen molar-refractivity contribution in [2.45, 2.75) is 0 Å². The zero-order valence-electron chi connectivity index (χ0n) is 12.2. The largest absolute Gasteiger partial charge is 0.365 e. The first-order valence-corrected chi connectivity index (χ1v) is 7.21. The van der Waals surface area contributed by atoms with Gasteiger partial charge in [-0.25, -0.2) is 0 Å². The van der Waals surface area contributed by atoms with Crippen molar-refractivity contribution in [1.29, 1.82) is 0 Å². The smallest absolute Gasteiger partial charge is 0.258 e. The van der Waals surface area contributed by atoms with E-state index in [0.29, 0.717) is 16.1 Å². The molecule has 3 N–H and O–H groups in total. The molecule has 0 bridgehead atoms. The number of carbonyl (C=O) groups excluding carboxylic acids is 2. The zero-order valence-corrected chi connectivity index (χ0v) is 12.9. The lowest BCUT2D eigenvalue weighted by molar-refractivity contribution is 0.100. The van der Waals surface area contributed by atoms with Crippen molar-refractivity contribution in [2.24, 2.45) is 5.73 Å². The number of nitrogens with two attached hydrogens (primary N) is 1. The van der Waals surface area contributed by atoms with Gasteiger partial charge >= 0.3 is 0 Å². The summed E-state index contributed by atoms with van der Waals surface area (Å²) in [5.74, 6) is -1.38. The summed E-state index contributed by atoms with van der Waals surface area (Å²) >= 11 is 5.79. The summed E-state index contributed by atoms with van der Waals surface area (Å²) in [6.07, 6.45) is 3.09. The molecule has 0 fully saturated rings. The van der Waals surface area contributed by atoms with Crippen molar-refractivity contribution < 1.29 is 14.1 Å². The first kappa shape index (κ1) is 15.7. The van der Waals surface area contributed by atoms with Crippen molar-refractivity contribution in [1.82, 2.24) is 10.1 Å². The first-order valence-electron chi connectivity index (χ1n) is 6.83. The molecule has 0 spiro atoms. The van der Waals surface area contributed by atoms with Gasteiger partial charge in [0.05, 0.1) is 0 Å². The van der Waals surface area contributed by atoms with Crippen LogP contribution in [0.25, 0.3) is 11.3 Å².